The van der Waals surface area contributed by atoms with Crippen molar-refractivity contribution in [2.24, 2.45) is 20.4 Å². The van der Waals surface area contributed by atoms with Crippen molar-refractivity contribution in [2.75, 3.05) is 24.7 Å². The summed E-state index contributed by atoms with van der Waals surface area (Å²) < 4.78 is 0. The van der Waals surface area contributed by atoms with E-state index in [-0.39, 0.29) is 0 Å². The summed E-state index contributed by atoms with van der Waals surface area (Å²) >= 11 is 20.7. The second-order valence-corrected chi connectivity index (χ2v) is 8.97. The summed E-state index contributed by atoms with van der Waals surface area (Å²) in [5, 5.41) is 30.0. The molecule has 0 spiro atoms. The van der Waals surface area contributed by atoms with Crippen molar-refractivity contribution in [1.82, 2.24) is 32.3 Å². The van der Waals surface area contributed by atoms with Gasteiger partial charge in [-0.15, -0.1) is 0 Å². The fourth-order valence-electron chi connectivity index (χ4n) is 2.12. The predicted octanol–water partition coefficient (Wildman–Crippen LogP) is 2.26. The van der Waals surface area contributed by atoms with Crippen molar-refractivity contribution >= 4 is 104 Å². The molecule has 0 fully saturated rings. The van der Waals surface area contributed by atoms with Gasteiger partial charge in [-0.1, -0.05) is 6.07 Å². The maximum Gasteiger partial charge on any atom is 0.191 e. The fraction of sp³-hybridized carbons (Fsp3) is 0.333. The highest BCUT2D eigenvalue weighted by Gasteiger charge is 2.06. The summed E-state index contributed by atoms with van der Waals surface area (Å²) in [5.74, 6) is 0. The van der Waals surface area contributed by atoms with Crippen molar-refractivity contribution in [1.29, 1.82) is 0 Å². The molecule has 12 nitrogen and oxygen atoms in total. The summed E-state index contributed by atoms with van der Waals surface area (Å²) in [6, 6.07) is 5.69. The van der Waals surface area contributed by atoms with Crippen molar-refractivity contribution in [3.8, 4) is 0 Å². The lowest BCUT2D eigenvalue weighted by molar-refractivity contribution is 0.974. The lowest BCUT2D eigenvalue weighted by atomic mass is 10.2. The van der Waals surface area contributed by atoms with Gasteiger partial charge in [-0.2, -0.15) is 20.4 Å². The molecule has 0 aliphatic rings. The maximum atomic E-state index is 5.38. The Morgan fingerprint density at radius 1 is 0.595 bits per heavy atom. The van der Waals surface area contributed by atoms with Crippen LogP contribution in [0.4, 0.5) is 11.4 Å². The van der Waals surface area contributed by atoms with Gasteiger partial charge in [0.05, 0.1) is 22.8 Å². The Hall–Kier alpha value is -3.34. The van der Waals surface area contributed by atoms with Crippen molar-refractivity contribution in [3.05, 3.63) is 23.8 Å². The molecule has 16 heteroatoms. The van der Waals surface area contributed by atoms with Gasteiger partial charge in [0.2, 0.25) is 0 Å². The van der Waals surface area contributed by atoms with Crippen LogP contribution in [-0.2, 0) is 0 Å². The number of nitrogens with one attached hydrogen (secondary N) is 8. The van der Waals surface area contributed by atoms with Gasteiger partial charge in [-0.25, -0.2) is 0 Å². The summed E-state index contributed by atoms with van der Waals surface area (Å²) in [6.45, 7) is 9.15. The first-order chi connectivity index (χ1) is 17.5. The van der Waals surface area contributed by atoms with Crippen LogP contribution in [-0.4, -0.2) is 57.4 Å². The minimum atomic E-state index is 0.308. The lowest BCUT2D eigenvalue weighted by Gasteiger charge is -2.14. The molecule has 200 valence electrons. The quantitative estimate of drug-likeness (QED) is 0.130. The smallest absolute Gasteiger partial charge is 0.191 e. The van der Waals surface area contributed by atoms with E-state index in [9.17, 15) is 0 Å². The van der Waals surface area contributed by atoms with E-state index < -0.39 is 0 Å². The molecule has 0 amide bonds. The Labute approximate surface area is 238 Å². The minimum Gasteiger partial charge on any atom is -0.364 e. The molecule has 0 aliphatic carbocycles. The highest BCUT2D eigenvalue weighted by molar-refractivity contribution is 7.81. The third-order valence-electron chi connectivity index (χ3n) is 4.55. The Morgan fingerprint density at radius 2 is 0.973 bits per heavy atom. The van der Waals surface area contributed by atoms with Crippen LogP contribution in [0.25, 0.3) is 0 Å². The van der Waals surface area contributed by atoms with Gasteiger partial charge in [0, 0.05) is 25.5 Å². The average molecular weight is 581 g/mol. The first-order valence-corrected chi connectivity index (χ1v) is 12.5. The van der Waals surface area contributed by atoms with Crippen molar-refractivity contribution in [3.63, 3.8) is 0 Å². The van der Waals surface area contributed by atoms with Gasteiger partial charge in [-0.05, 0) is 101 Å². The molecule has 1 rings (SSSR count). The molecule has 0 saturated carbocycles. The van der Waals surface area contributed by atoms with Gasteiger partial charge in [0.15, 0.2) is 20.4 Å². The number of hydrogen-bond donors (Lipinski definition) is 8. The Balaban J connectivity index is 2.74. The highest BCUT2D eigenvalue weighted by Crippen LogP contribution is 2.20. The van der Waals surface area contributed by atoms with Gasteiger partial charge in [0.1, 0.15) is 0 Å². The molecular formula is C21H32N12S4. The van der Waals surface area contributed by atoms with Gasteiger partial charge in [-0.3, -0.25) is 21.7 Å². The van der Waals surface area contributed by atoms with Gasteiger partial charge < -0.3 is 21.3 Å². The van der Waals surface area contributed by atoms with E-state index in [1.54, 1.807) is 41.8 Å². The summed E-state index contributed by atoms with van der Waals surface area (Å²) in [6.07, 6.45) is 0. The number of anilines is 2. The van der Waals surface area contributed by atoms with E-state index in [4.69, 9.17) is 48.9 Å². The molecular weight excluding hydrogens is 549 g/mol. The minimum absolute atomic E-state index is 0.308. The van der Waals surface area contributed by atoms with E-state index >= 15 is 0 Å². The van der Waals surface area contributed by atoms with Crippen molar-refractivity contribution in [2.45, 2.75) is 34.6 Å². The zero-order chi connectivity index (χ0) is 28.0. The SMILES string of the molecule is CNC(=S)N/N=C(C)/C(C)=N/NC(=S)Nc1ccc(C)c(NC(=S)N/N=C(C)/C(C)=N/NC(=S)NC)c1. The molecule has 1 aromatic carbocycles. The summed E-state index contributed by atoms with van der Waals surface area (Å²) in [4.78, 5) is 0. The van der Waals surface area contributed by atoms with Crippen molar-refractivity contribution < 1.29 is 0 Å². The molecule has 0 unspecified atom stereocenters. The van der Waals surface area contributed by atoms with Gasteiger partial charge >= 0.3 is 0 Å². The molecule has 1 aromatic rings. The zero-order valence-electron chi connectivity index (χ0n) is 21.7. The van der Waals surface area contributed by atoms with Crippen LogP contribution in [0.2, 0.25) is 0 Å². The summed E-state index contributed by atoms with van der Waals surface area (Å²) in [7, 11) is 3.41. The standard InChI is InChI=1S/C21H32N12S4/c1-11-8-9-16(24-20(36)32-28-14(4)12(2)26-30-18(34)22-6)10-17(11)25-21(37)33-29-15(5)13(3)27-31-19(35)23-7/h8-10H,1-7H3,(H2,22,30,34)(H2,23,31,35)(H2,24,32,36)(H2,25,33,37)/b26-12+,27-13+,28-14+,29-15+. The highest BCUT2D eigenvalue weighted by atomic mass is 32.1. The Bertz CT molecular complexity index is 1140. The molecule has 0 aliphatic heterocycles. The molecule has 0 heterocycles. The van der Waals surface area contributed by atoms with Crippen LogP contribution >= 0.6 is 48.9 Å². The Kier molecular flexibility index (Phi) is 14.1. The number of nitrogens with zero attached hydrogens (tertiary/aromatic N) is 4. The summed E-state index contributed by atoms with van der Waals surface area (Å²) in [5.41, 5.74) is 16.1. The monoisotopic (exact) mass is 580 g/mol. The van der Waals surface area contributed by atoms with Crippen LogP contribution in [0.1, 0.15) is 33.3 Å². The molecule has 0 saturated heterocycles. The van der Waals surface area contributed by atoms with E-state index in [2.05, 4.69) is 63.4 Å². The van der Waals surface area contributed by atoms with Crippen LogP contribution in [0, 0.1) is 6.92 Å². The van der Waals surface area contributed by atoms with E-state index in [1.807, 2.05) is 25.1 Å². The van der Waals surface area contributed by atoms with E-state index in [0.29, 0.717) is 43.3 Å². The third-order valence-corrected chi connectivity index (χ3v) is 5.52. The normalized spacial score (nSPS) is 12.2. The third kappa shape index (κ3) is 12.4. The van der Waals surface area contributed by atoms with Crippen LogP contribution < -0.4 is 43.0 Å². The van der Waals surface area contributed by atoms with E-state index in [0.717, 1.165) is 16.9 Å². The van der Waals surface area contributed by atoms with Crippen LogP contribution in [0.15, 0.2) is 38.6 Å². The molecule has 8 N–H and O–H groups in total. The second kappa shape index (κ2) is 16.4. The van der Waals surface area contributed by atoms with Crippen LogP contribution in [0.5, 0.6) is 0 Å². The fourth-order valence-corrected chi connectivity index (χ4v) is 2.53. The maximum absolute atomic E-state index is 5.38. The number of benzene rings is 1. The zero-order valence-corrected chi connectivity index (χ0v) is 24.9. The number of hydrogen-bond acceptors (Lipinski definition) is 8. The molecule has 0 aromatic heterocycles. The number of hydrazone groups is 4. The number of aryl methyl sites for hydroxylation is 1. The average Bonchev–Trinajstić information content (AvgIpc) is 2.88. The Morgan fingerprint density at radius 3 is 1.38 bits per heavy atom. The molecule has 0 atom stereocenters. The predicted molar refractivity (Wildman–Crippen MR) is 172 cm³/mol. The number of rotatable bonds is 8. The lowest BCUT2D eigenvalue weighted by Crippen LogP contribution is -2.31. The first kappa shape index (κ1) is 31.7. The molecule has 0 radical (unpaired) electrons. The molecule has 0 bridgehead atoms. The van der Waals surface area contributed by atoms with E-state index in [1.165, 1.54) is 0 Å². The number of thiocarbonyl (C=S) groups is 4. The largest absolute Gasteiger partial charge is 0.364 e. The van der Waals surface area contributed by atoms with Gasteiger partial charge in [0.25, 0.3) is 0 Å². The second-order valence-electron chi connectivity index (χ2n) is 7.33. The van der Waals surface area contributed by atoms with Crippen LogP contribution in [0.3, 0.4) is 0 Å². The first-order valence-electron chi connectivity index (χ1n) is 10.8. The topological polar surface area (TPSA) is 146 Å². The molecule has 37 heavy (non-hydrogen) atoms.